The Labute approximate surface area is 143 Å². The van der Waals surface area contributed by atoms with Gasteiger partial charge in [-0.2, -0.15) is 0 Å². The predicted octanol–water partition coefficient (Wildman–Crippen LogP) is 2.08. The summed E-state index contributed by atoms with van der Waals surface area (Å²) in [5, 5.41) is 3.29. The Morgan fingerprint density at radius 2 is 2.00 bits per heavy atom. The van der Waals surface area contributed by atoms with Crippen LogP contribution in [0.4, 0.5) is 0 Å². The fraction of sp³-hybridized carbons (Fsp3) is 0.611. The van der Waals surface area contributed by atoms with E-state index in [0.717, 1.165) is 61.6 Å². The molecule has 0 atom stereocenters. The van der Waals surface area contributed by atoms with E-state index in [1.165, 1.54) is 0 Å². The number of hydrogen-bond acceptors (Lipinski definition) is 4. The van der Waals surface area contributed by atoms with Gasteiger partial charge in [-0.25, -0.2) is 9.97 Å². The quantitative estimate of drug-likeness (QED) is 0.912. The van der Waals surface area contributed by atoms with Crippen LogP contribution in [0.2, 0.25) is 0 Å². The van der Waals surface area contributed by atoms with Crippen molar-refractivity contribution in [2.45, 2.75) is 46.1 Å². The van der Waals surface area contributed by atoms with Crippen LogP contribution in [0, 0.1) is 6.92 Å². The molecule has 0 aromatic carbocycles. The van der Waals surface area contributed by atoms with Gasteiger partial charge in [0.05, 0.1) is 0 Å². The predicted molar refractivity (Wildman–Crippen MR) is 95.0 cm³/mol. The first-order valence-electron chi connectivity index (χ1n) is 8.95. The molecule has 6 nitrogen and oxygen atoms in total. The Balaban J connectivity index is 1.97. The van der Waals surface area contributed by atoms with Gasteiger partial charge in [0, 0.05) is 38.3 Å². The van der Waals surface area contributed by atoms with Gasteiger partial charge in [-0.3, -0.25) is 4.79 Å². The van der Waals surface area contributed by atoms with Crippen LogP contribution in [0.5, 0.6) is 0 Å². The van der Waals surface area contributed by atoms with Crippen molar-refractivity contribution in [3.05, 3.63) is 23.7 Å². The Morgan fingerprint density at radius 3 is 2.67 bits per heavy atom. The Hall–Kier alpha value is -1.95. The van der Waals surface area contributed by atoms with Crippen molar-refractivity contribution in [3.63, 3.8) is 0 Å². The lowest BCUT2D eigenvalue weighted by Gasteiger charge is -2.28. The number of hydrogen-bond donors (Lipinski definition) is 1. The Kier molecular flexibility index (Phi) is 5.14. The van der Waals surface area contributed by atoms with E-state index in [9.17, 15) is 4.79 Å². The maximum atomic E-state index is 12.7. The van der Waals surface area contributed by atoms with Crippen LogP contribution in [0.1, 0.15) is 44.0 Å². The highest BCUT2D eigenvalue weighted by Crippen LogP contribution is 2.26. The molecule has 3 rings (SSSR count). The van der Waals surface area contributed by atoms with Crippen molar-refractivity contribution in [1.82, 2.24) is 24.8 Å². The summed E-state index contributed by atoms with van der Waals surface area (Å²) in [6.45, 7) is 9.99. The highest BCUT2D eigenvalue weighted by Gasteiger charge is 2.23. The van der Waals surface area contributed by atoms with E-state index in [1.807, 2.05) is 22.6 Å². The average Bonchev–Trinajstić information content (AvgIpc) is 2.94. The highest BCUT2D eigenvalue weighted by molar-refractivity contribution is 5.79. The van der Waals surface area contributed by atoms with Gasteiger partial charge in [0.25, 0.3) is 0 Å². The van der Waals surface area contributed by atoms with Crippen molar-refractivity contribution in [2.24, 2.45) is 0 Å². The smallest absolute Gasteiger partial charge is 0.242 e. The van der Waals surface area contributed by atoms with Crippen LogP contribution in [0.15, 0.2) is 12.3 Å². The second-order valence-corrected chi connectivity index (χ2v) is 6.56. The van der Waals surface area contributed by atoms with Crippen molar-refractivity contribution in [3.8, 4) is 0 Å². The van der Waals surface area contributed by atoms with Gasteiger partial charge in [-0.1, -0.05) is 13.8 Å². The number of nitrogens with zero attached hydrogens (tertiary/aromatic N) is 4. The molecular weight excluding hydrogens is 302 g/mol. The summed E-state index contributed by atoms with van der Waals surface area (Å²) in [7, 11) is 0. The number of fused-ring (bicyclic) bond motifs is 1. The third kappa shape index (κ3) is 3.29. The van der Waals surface area contributed by atoms with Gasteiger partial charge in [0.1, 0.15) is 17.9 Å². The largest absolute Gasteiger partial charge is 0.339 e. The highest BCUT2D eigenvalue weighted by atomic mass is 16.2. The minimum absolute atomic E-state index is 0.158. The van der Waals surface area contributed by atoms with Crippen LogP contribution in [0.3, 0.4) is 0 Å². The average molecular weight is 329 g/mol. The monoisotopic (exact) mass is 329 g/mol. The molecule has 0 unspecified atom stereocenters. The fourth-order valence-electron chi connectivity index (χ4n) is 3.40. The standard InChI is InChI=1S/C18H27N5O/c1-4-14(5-2)17-21-15-10-13(3)11-20-18(15)23(17)12-16(24)22-8-6-19-7-9-22/h10-11,14,19H,4-9,12H2,1-3H3. The molecule has 1 saturated heterocycles. The molecule has 0 spiro atoms. The van der Waals surface area contributed by atoms with Crippen molar-refractivity contribution >= 4 is 17.1 Å². The number of carbonyl (C=O) groups is 1. The zero-order valence-electron chi connectivity index (χ0n) is 14.9. The number of rotatable bonds is 5. The molecule has 0 aliphatic carbocycles. The van der Waals surface area contributed by atoms with Gasteiger partial charge in [0.2, 0.25) is 5.91 Å². The molecule has 130 valence electrons. The first-order valence-corrected chi connectivity index (χ1v) is 8.95. The van der Waals surface area contributed by atoms with E-state index in [1.54, 1.807) is 0 Å². The van der Waals surface area contributed by atoms with E-state index in [-0.39, 0.29) is 5.91 Å². The fourth-order valence-corrected chi connectivity index (χ4v) is 3.40. The van der Waals surface area contributed by atoms with E-state index < -0.39 is 0 Å². The third-order valence-electron chi connectivity index (χ3n) is 4.86. The SMILES string of the molecule is CCC(CC)c1nc2cc(C)cnc2n1CC(=O)N1CCNCC1. The summed E-state index contributed by atoms with van der Waals surface area (Å²) in [6, 6.07) is 2.06. The number of nitrogens with one attached hydrogen (secondary N) is 1. The Bertz CT molecular complexity index is 714. The molecule has 24 heavy (non-hydrogen) atoms. The van der Waals surface area contributed by atoms with Gasteiger partial charge in [-0.15, -0.1) is 0 Å². The van der Waals surface area contributed by atoms with Crippen LogP contribution in [-0.4, -0.2) is 51.5 Å². The summed E-state index contributed by atoms with van der Waals surface area (Å²) in [5.41, 5.74) is 2.81. The number of amides is 1. The molecule has 1 aliphatic rings. The maximum Gasteiger partial charge on any atom is 0.242 e. The van der Waals surface area contributed by atoms with Crippen LogP contribution in [0.25, 0.3) is 11.2 Å². The normalized spacial score (nSPS) is 15.4. The van der Waals surface area contributed by atoms with E-state index in [0.29, 0.717) is 12.5 Å². The van der Waals surface area contributed by atoms with Gasteiger partial charge >= 0.3 is 0 Å². The molecule has 0 saturated carbocycles. The molecule has 1 amide bonds. The summed E-state index contributed by atoms with van der Waals surface area (Å²) in [5.74, 6) is 1.51. The Morgan fingerprint density at radius 1 is 1.29 bits per heavy atom. The molecule has 6 heteroatoms. The molecule has 3 heterocycles. The molecule has 0 bridgehead atoms. The maximum absolute atomic E-state index is 12.7. The van der Waals surface area contributed by atoms with Crippen molar-refractivity contribution in [1.29, 1.82) is 0 Å². The van der Waals surface area contributed by atoms with Crippen LogP contribution < -0.4 is 5.32 Å². The molecule has 1 fully saturated rings. The number of imidazole rings is 1. The number of aromatic nitrogens is 3. The second kappa shape index (κ2) is 7.30. The number of carbonyl (C=O) groups excluding carboxylic acids is 1. The molecule has 2 aromatic rings. The summed E-state index contributed by atoms with van der Waals surface area (Å²) in [4.78, 5) is 24.1. The zero-order chi connectivity index (χ0) is 17.1. The van der Waals surface area contributed by atoms with Crippen molar-refractivity contribution < 1.29 is 4.79 Å². The lowest BCUT2D eigenvalue weighted by molar-refractivity contribution is -0.132. The van der Waals surface area contributed by atoms with E-state index >= 15 is 0 Å². The second-order valence-electron chi connectivity index (χ2n) is 6.56. The molecule has 2 aromatic heterocycles. The molecular formula is C18H27N5O. The molecule has 1 aliphatic heterocycles. The third-order valence-corrected chi connectivity index (χ3v) is 4.86. The van der Waals surface area contributed by atoms with Crippen LogP contribution in [-0.2, 0) is 11.3 Å². The molecule has 1 N–H and O–H groups in total. The van der Waals surface area contributed by atoms with E-state index in [2.05, 4.69) is 30.2 Å². The minimum Gasteiger partial charge on any atom is -0.339 e. The lowest BCUT2D eigenvalue weighted by Crippen LogP contribution is -2.47. The number of pyridine rings is 1. The summed E-state index contributed by atoms with van der Waals surface area (Å²) >= 11 is 0. The summed E-state index contributed by atoms with van der Waals surface area (Å²) < 4.78 is 2.04. The summed E-state index contributed by atoms with van der Waals surface area (Å²) in [6.07, 6.45) is 3.88. The molecule has 0 radical (unpaired) electrons. The first kappa shape index (κ1) is 16.9. The van der Waals surface area contributed by atoms with Gasteiger partial charge in [-0.05, 0) is 31.4 Å². The van der Waals surface area contributed by atoms with Gasteiger partial charge in [0.15, 0.2) is 5.65 Å². The minimum atomic E-state index is 0.158. The van der Waals surface area contributed by atoms with E-state index in [4.69, 9.17) is 4.98 Å². The van der Waals surface area contributed by atoms with Gasteiger partial charge < -0.3 is 14.8 Å². The topological polar surface area (TPSA) is 63.1 Å². The lowest BCUT2D eigenvalue weighted by atomic mass is 10.0. The van der Waals surface area contributed by atoms with Crippen LogP contribution >= 0.6 is 0 Å². The van der Waals surface area contributed by atoms with Crippen molar-refractivity contribution in [2.75, 3.05) is 26.2 Å². The number of aryl methyl sites for hydroxylation is 1. The first-order chi connectivity index (χ1) is 11.6. The zero-order valence-corrected chi connectivity index (χ0v) is 14.9. The number of piperazine rings is 1.